The summed E-state index contributed by atoms with van der Waals surface area (Å²) in [5, 5.41) is 2.42. The first kappa shape index (κ1) is 17.6. The van der Waals surface area contributed by atoms with Crippen LogP contribution in [-0.4, -0.2) is 27.0 Å². The van der Waals surface area contributed by atoms with Crippen molar-refractivity contribution in [2.24, 2.45) is 0 Å². The van der Waals surface area contributed by atoms with Crippen molar-refractivity contribution in [1.29, 1.82) is 0 Å². The standard InChI is InChI=1S/C18H16N2O3S3/c21-15(5-7-20-11-19-16-14(17(20)22)6-8-24-16)23-13-3-1-12(2-4-13)18-25-9-10-26-18/h1-4,6,8,11,18H,5,7,9-10H2. The van der Waals surface area contributed by atoms with Gasteiger partial charge in [0.1, 0.15) is 10.6 Å². The molecule has 1 fully saturated rings. The normalized spacial score (nSPS) is 14.8. The van der Waals surface area contributed by atoms with Gasteiger partial charge in [0.2, 0.25) is 0 Å². The second-order valence-electron chi connectivity index (χ2n) is 5.75. The molecule has 0 atom stereocenters. The maximum atomic E-state index is 12.3. The van der Waals surface area contributed by atoms with Crippen molar-refractivity contribution in [1.82, 2.24) is 9.55 Å². The number of carbonyl (C=O) groups is 1. The number of benzene rings is 1. The van der Waals surface area contributed by atoms with E-state index in [1.165, 1.54) is 39.3 Å². The summed E-state index contributed by atoms with van der Waals surface area (Å²) in [6, 6.07) is 9.44. The Kier molecular flexibility index (Phi) is 5.33. The fraction of sp³-hybridized carbons (Fsp3) is 0.278. The summed E-state index contributed by atoms with van der Waals surface area (Å²) in [5.74, 6) is 2.53. The molecular weight excluding hydrogens is 388 g/mol. The highest BCUT2D eigenvalue weighted by molar-refractivity contribution is 8.19. The highest BCUT2D eigenvalue weighted by Gasteiger charge is 2.18. The van der Waals surface area contributed by atoms with E-state index in [0.29, 0.717) is 20.5 Å². The number of hydrogen-bond donors (Lipinski definition) is 0. The van der Waals surface area contributed by atoms with Gasteiger partial charge in [-0.05, 0) is 29.1 Å². The maximum Gasteiger partial charge on any atom is 0.312 e. The quantitative estimate of drug-likeness (QED) is 0.474. The number of fused-ring (bicyclic) bond motifs is 1. The summed E-state index contributed by atoms with van der Waals surface area (Å²) in [6.07, 6.45) is 1.60. The van der Waals surface area contributed by atoms with Crippen LogP contribution in [0.4, 0.5) is 0 Å². The second-order valence-corrected chi connectivity index (χ2v) is 9.37. The van der Waals surface area contributed by atoms with Crippen LogP contribution in [0.25, 0.3) is 10.2 Å². The van der Waals surface area contributed by atoms with Crippen molar-refractivity contribution in [3.05, 3.63) is 58.0 Å². The third-order valence-electron chi connectivity index (χ3n) is 4.01. The van der Waals surface area contributed by atoms with E-state index in [2.05, 4.69) is 4.98 Å². The molecule has 0 saturated carbocycles. The molecule has 3 aromatic rings. The van der Waals surface area contributed by atoms with Crippen molar-refractivity contribution in [2.45, 2.75) is 17.5 Å². The molecule has 0 amide bonds. The van der Waals surface area contributed by atoms with E-state index in [9.17, 15) is 9.59 Å². The largest absolute Gasteiger partial charge is 0.426 e. The Balaban J connectivity index is 1.36. The van der Waals surface area contributed by atoms with Gasteiger partial charge in [0, 0.05) is 18.1 Å². The zero-order valence-corrected chi connectivity index (χ0v) is 16.2. The summed E-state index contributed by atoms with van der Waals surface area (Å²) in [5.41, 5.74) is 1.12. The minimum Gasteiger partial charge on any atom is -0.426 e. The summed E-state index contributed by atoms with van der Waals surface area (Å²) in [4.78, 5) is 29.3. The summed E-state index contributed by atoms with van der Waals surface area (Å²) < 4.78 is 7.31. The molecule has 5 nitrogen and oxygen atoms in total. The number of thiophene rings is 1. The predicted octanol–water partition coefficient (Wildman–Crippen LogP) is 3.93. The molecule has 134 valence electrons. The smallest absolute Gasteiger partial charge is 0.312 e. The number of hydrogen-bond acceptors (Lipinski definition) is 7. The van der Waals surface area contributed by atoms with Gasteiger partial charge in [-0.1, -0.05) is 12.1 Å². The van der Waals surface area contributed by atoms with Crippen molar-refractivity contribution in [2.75, 3.05) is 11.5 Å². The van der Waals surface area contributed by atoms with E-state index in [4.69, 9.17) is 4.74 Å². The average Bonchev–Trinajstić information content (AvgIpc) is 3.34. The number of nitrogens with zero attached hydrogens (tertiary/aromatic N) is 2. The molecule has 0 N–H and O–H groups in total. The minimum absolute atomic E-state index is 0.118. The molecule has 1 aliphatic heterocycles. The molecule has 1 saturated heterocycles. The Morgan fingerprint density at radius 1 is 1.19 bits per heavy atom. The Morgan fingerprint density at radius 3 is 2.73 bits per heavy atom. The number of esters is 1. The van der Waals surface area contributed by atoms with Gasteiger partial charge in [-0.2, -0.15) is 0 Å². The van der Waals surface area contributed by atoms with Crippen molar-refractivity contribution in [3.63, 3.8) is 0 Å². The van der Waals surface area contributed by atoms with Gasteiger partial charge in [0.25, 0.3) is 5.56 Å². The highest BCUT2D eigenvalue weighted by atomic mass is 32.2. The molecular formula is C18H16N2O3S3. The molecule has 2 aromatic heterocycles. The highest BCUT2D eigenvalue weighted by Crippen LogP contribution is 2.45. The van der Waals surface area contributed by atoms with Crippen LogP contribution < -0.4 is 10.3 Å². The zero-order chi connectivity index (χ0) is 17.9. The van der Waals surface area contributed by atoms with Gasteiger partial charge in [0.05, 0.1) is 22.7 Å². The molecule has 4 rings (SSSR count). The molecule has 1 aromatic carbocycles. The molecule has 0 bridgehead atoms. The van der Waals surface area contributed by atoms with Crippen LogP contribution in [0.2, 0.25) is 0 Å². The number of ether oxygens (including phenoxy) is 1. The van der Waals surface area contributed by atoms with E-state index >= 15 is 0 Å². The maximum absolute atomic E-state index is 12.3. The fourth-order valence-corrected chi connectivity index (χ4v) is 6.27. The average molecular weight is 405 g/mol. The molecule has 3 heterocycles. The number of aromatic nitrogens is 2. The minimum atomic E-state index is -0.361. The van der Waals surface area contributed by atoms with Gasteiger partial charge in [-0.15, -0.1) is 34.9 Å². The first-order chi connectivity index (χ1) is 12.7. The molecule has 1 aliphatic rings. The zero-order valence-electron chi connectivity index (χ0n) is 13.8. The molecule has 26 heavy (non-hydrogen) atoms. The monoisotopic (exact) mass is 404 g/mol. The summed E-state index contributed by atoms with van der Waals surface area (Å²) >= 11 is 5.31. The van der Waals surface area contributed by atoms with Crippen molar-refractivity contribution < 1.29 is 9.53 Å². The first-order valence-corrected chi connectivity index (χ1v) is 11.1. The SMILES string of the molecule is O=C(CCn1cnc2sccc2c1=O)Oc1ccc(C2SCCS2)cc1. The Bertz CT molecular complexity index is 975. The molecule has 0 unspecified atom stereocenters. The van der Waals surface area contributed by atoms with Gasteiger partial charge in [0.15, 0.2) is 0 Å². The molecule has 0 spiro atoms. The Morgan fingerprint density at radius 2 is 1.96 bits per heavy atom. The third kappa shape index (κ3) is 3.82. The van der Waals surface area contributed by atoms with E-state index in [-0.39, 0.29) is 24.5 Å². The summed E-state index contributed by atoms with van der Waals surface area (Å²) in [6.45, 7) is 0.254. The third-order valence-corrected chi connectivity index (χ3v) is 7.94. The number of rotatable bonds is 5. The first-order valence-electron chi connectivity index (χ1n) is 8.17. The van der Waals surface area contributed by atoms with E-state index in [0.717, 1.165) is 0 Å². The Hall–Kier alpha value is -1.77. The Labute approximate surface area is 162 Å². The number of aryl methyl sites for hydroxylation is 1. The lowest BCUT2D eigenvalue weighted by atomic mass is 10.2. The van der Waals surface area contributed by atoms with Crippen LogP contribution >= 0.6 is 34.9 Å². The van der Waals surface area contributed by atoms with E-state index in [1.807, 2.05) is 53.2 Å². The van der Waals surface area contributed by atoms with Gasteiger partial charge in [-0.3, -0.25) is 14.2 Å². The van der Waals surface area contributed by atoms with Crippen molar-refractivity contribution in [3.8, 4) is 5.75 Å². The lowest BCUT2D eigenvalue weighted by Gasteiger charge is -2.10. The van der Waals surface area contributed by atoms with Crippen LogP contribution in [0, 0.1) is 0 Å². The number of carbonyl (C=O) groups excluding carboxylic acids is 1. The van der Waals surface area contributed by atoms with Gasteiger partial charge < -0.3 is 4.74 Å². The topological polar surface area (TPSA) is 61.2 Å². The van der Waals surface area contributed by atoms with Gasteiger partial charge in [-0.25, -0.2) is 4.98 Å². The second kappa shape index (κ2) is 7.85. The van der Waals surface area contributed by atoms with Crippen LogP contribution in [-0.2, 0) is 11.3 Å². The lowest BCUT2D eigenvalue weighted by Crippen LogP contribution is -2.22. The molecule has 0 aliphatic carbocycles. The fourth-order valence-electron chi connectivity index (χ4n) is 2.69. The predicted molar refractivity (Wildman–Crippen MR) is 108 cm³/mol. The van der Waals surface area contributed by atoms with Crippen LogP contribution in [0.3, 0.4) is 0 Å². The van der Waals surface area contributed by atoms with Crippen LogP contribution in [0.1, 0.15) is 16.6 Å². The van der Waals surface area contributed by atoms with E-state index < -0.39 is 0 Å². The lowest BCUT2D eigenvalue weighted by molar-refractivity contribution is -0.134. The van der Waals surface area contributed by atoms with Gasteiger partial charge >= 0.3 is 5.97 Å². The van der Waals surface area contributed by atoms with Crippen LogP contribution in [0.5, 0.6) is 5.75 Å². The molecule has 8 heteroatoms. The van der Waals surface area contributed by atoms with Crippen LogP contribution in [0.15, 0.2) is 46.8 Å². The number of thioether (sulfide) groups is 2. The summed E-state index contributed by atoms with van der Waals surface area (Å²) in [7, 11) is 0. The molecule has 0 radical (unpaired) electrons. The van der Waals surface area contributed by atoms with Crippen molar-refractivity contribution >= 4 is 51.0 Å². The van der Waals surface area contributed by atoms with E-state index in [1.54, 1.807) is 6.07 Å².